The number of rotatable bonds is 5. The number of ether oxygens (including phenoxy) is 1. The Morgan fingerprint density at radius 3 is 2.59 bits per heavy atom. The van der Waals surface area contributed by atoms with Gasteiger partial charge in [-0.05, 0) is 51.5 Å². The van der Waals surface area contributed by atoms with Crippen LogP contribution in [0.5, 0.6) is 5.75 Å². The number of aliphatic hydroxyl groups is 1. The number of aliphatic hydroxyl groups excluding tert-OH is 1. The Labute approximate surface area is 169 Å². The number of methoxy groups -OCH3 is 1. The van der Waals surface area contributed by atoms with Gasteiger partial charge in [-0.25, -0.2) is 14.6 Å². The average Bonchev–Trinajstić information content (AvgIpc) is 3.35. The molecular weight excluding hydrogens is 366 g/mol. The predicted molar refractivity (Wildman–Crippen MR) is 113 cm³/mol. The first-order valence-corrected chi connectivity index (χ1v) is 9.63. The van der Waals surface area contributed by atoms with Crippen LogP contribution in [0.1, 0.15) is 31.1 Å². The monoisotopic (exact) mass is 391 g/mol. The van der Waals surface area contributed by atoms with Crippen LogP contribution in [0.3, 0.4) is 0 Å². The molecule has 1 N–H and O–H groups in total. The van der Waals surface area contributed by atoms with Gasteiger partial charge in [0.1, 0.15) is 11.3 Å². The molecule has 7 nitrogen and oxygen atoms in total. The average molecular weight is 391 g/mol. The number of aryl methyl sites for hydroxylation is 2. The molecule has 4 rings (SSSR count). The lowest BCUT2D eigenvalue weighted by Crippen LogP contribution is -2.18. The van der Waals surface area contributed by atoms with Crippen LogP contribution in [0.2, 0.25) is 0 Å². The maximum atomic E-state index is 10.0. The Balaban J connectivity index is 1.86. The van der Waals surface area contributed by atoms with Crippen molar-refractivity contribution in [2.24, 2.45) is 0 Å². The summed E-state index contributed by atoms with van der Waals surface area (Å²) in [6.45, 7) is 7.72. The quantitative estimate of drug-likeness (QED) is 0.559. The summed E-state index contributed by atoms with van der Waals surface area (Å²) in [4.78, 5) is 9.78. The molecule has 7 heteroatoms. The fourth-order valence-corrected chi connectivity index (χ4v) is 3.52. The van der Waals surface area contributed by atoms with Gasteiger partial charge in [-0.1, -0.05) is 0 Å². The molecule has 0 saturated carbocycles. The van der Waals surface area contributed by atoms with E-state index >= 15 is 0 Å². The molecule has 3 aromatic heterocycles. The van der Waals surface area contributed by atoms with Crippen LogP contribution in [0, 0.1) is 13.8 Å². The molecule has 1 aromatic carbocycles. The van der Waals surface area contributed by atoms with E-state index in [0.717, 1.165) is 39.4 Å². The van der Waals surface area contributed by atoms with E-state index in [9.17, 15) is 5.11 Å². The lowest BCUT2D eigenvalue weighted by molar-refractivity contribution is 0.141. The molecule has 0 aliphatic carbocycles. The highest BCUT2D eigenvalue weighted by molar-refractivity contribution is 5.81. The normalized spacial score (nSPS) is 13.6. The molecule has 0 spiro atoms. The van der Waals surface area contributed by atoms with Gasteiger partial charge in [-0.2, -0.15) is 5.10 Å². The second-order valence-corrected chi connectivity index (χ2v) is 7.37. The summed E-state index contributed by atoms with van der Waals surface area (Å²) in [5.74, 6) is 0.712. The summed E-state index contributed by atoms with van der Waals surface area (Å²) >= 11 is 0. The van der Waals surface area contributed by atoms with E-state index in [2.05, 4.69) is 5.10 Å². The van der Waals surface area contributed by atoms with Gasteiger partial charge in [0.2, 0.25) is 0 Å². The Hall–Kier alpha value is -3.19. The summed E-state index contributed by atoms with van der Waals surface area (Å²) in [7, 11) is 1.65. The fraction of sp³-hybridized carbons (Fsp3) is 0.318. The van der Waals surface area contributed by atoms with Crippen LogP contribution in [-0.4, -0.2) is 42.6 Å². The largest absolute Gasteiger partial charge is 0.496 e. The molecular formula is C22H25N5O2. The predicted octanol–water partition coefficient (Wildman–Crippen LogP) is 3.85. The molecule has 150 valence electrons. The zero-order valence-electron chi connectivity index (χ0n) is 17.3. The van der Waals surface area contributed by atoms with Crippen molar-refractivity contribution in [3.63, 3.8) is 0 Å². The molecule has 29 heavy (non-hydrogen) atoms. The smallest absolute Gasteiger partial charge is 0.159 e. The van der Waals surface area contributed by atoms with E-state index < -0.39 is 6.10 Å². The van der Waals surface area contributed by atoms with Gasteiger partial charge >= 0.3 is 0 Å². The van der Waals surface area contributed by atoms with Crippen LogP contribution in [0.15, 0.2) is 42.9 Å². The summed E-state index contributed by atoms with van der Waals surface area (Å²) in [5, 5.41) is 14.3. The molecule has 0 fully saturated rings. The Kier molecular flexibility index (Phi) is 4.84. The molecule has 0 radical (unpaired) electrons. The van der Waals surface area contributed by atoms with Crippen molar-refractivity contribution in [1.82, 2.24) is 24.3 Å². The van der Waals surface area contributed by atoms with Crippen molar-refractivity contribution in [3.8, 4) is 22.7 Å². The first-order valence-electron chi connectivity index (χ1n) is 9.63. The van der Waals surface area contributed by atoms with Crippen LogP contribution < -0.4 is 4.74 Å². The van der Waals surface area contributed by atoms with Crippen molar-refractivity contribution in [2.75, 3.05) is 7.11 Å². The highest BCUT2D eigenvalue weighted by Crippen LogP contribution is 2.34. The van der Waals surface area contributed by atoms with E-state index in [1.165, 1.54) is 0 Å². The Morgan fingerprint density at radius 2 is 1.93 bits per heavy atom. The topological polar surface area (TPSA) is 78.0 Å². The highest BCUT2D eigenvalue weighted by Gasteiger charge is 2.20. The van der Waals surface area contributed by atoms with Crippen molar-refractivity contribution in [1.29, 1.82) is 0 Å². The third kappa shape index (κ3) is 3.27. The van der Waals surface area contributed by atoms with Gasteiger partial charge in [-0.3, -0.25) is 0 Å². The number of fused-ring (bicyclic) bond motifs is 1. The first-order chi connectivity index (χ1) is 13.9. The van der Waals surface area contributed by atoms with E-state index in [4.69, 9.17) is 14.7 Å². The van der Waals surface area contributed by atoms with Gasteiger partial charge in [0.25, 0.3) is 0 Å². The van der Waals surface area contributed by atoms with Gasteiger partial charge in [0, 0.05) is 30.2 Å². The van der Waals surface area contributed by atoms with Crippen molar-refractivity contribution < 1.29 is 9.84 Å². The van der Waals surface area contributed by atoms with Crippen molar-refractivity contribution >= 4 is 11.2 Å². The van der Waals surface area contributed by atoms with E-state index in [0.29, 0.717) is 5.75 Å². The second kappa shape index (κ2) is 7.33. The number of hydrogen-bond donors (Lipinski definition) is 1. The van der Waals surface area contributed by atoms with Gasteiger partial charge in [0.15, 0.2) is 5.65 Å². The highest BCUT2D eigenvalue weighted by atomic mass is 16.5. The number of hydrogen-bond acceptors (Lipinski definition) is 5. The number of aromatic nitrogens is 5. The van der Waals surface area contributed by atoms with Crippen LogP contribution in [0.25, 0.3) is 28.1 Å². The minimum absolute atomic E-state index is 0.0892. The molecule has 0 aliphatic rings. The maximum Gasteiger partial charge on any atom is 0.159 e. The van der Waals surface area contributed by atoms with E-state index in [1.54, 1.807) is 24.9 Å². The second-order valence-electron chi connectivity index (χ2n) is 7.37. The zero-order chi connectivity index (χ0) is 20.7. The fourth-order valence-electron chi connectivity index (χ4n) is 3.52. The summed E-state index contributed by atoms with van der Waals surface area (Å²) < 4.78 is 9.45. The minimum Gasteiger partial charge on any atom is -0.496 e. The standard InChI is InChI=1S/C22H25N5O2/c1-13-12-26(15(3)16(4)28)22-20(13)25-21(14(2)24-22)18-8-7-17(11-19(18)29-5)27-10-6-9-23-27/h6-12,15-16,28H,1-5H3/t15-,16-/m0/s1. The first kappa shape index (κ1) is 19.1. The van der Waals surface area contributed by atoms with E-state index in [-0.39, 0.29) is 6.04 Å². The van der Waals surface area contributed by atoms with Crippen LogP contribution >= 0.6 is 0 Å². The molecule has 0 amide bonds. The van der Waals surface area contributed by atoms with Gasteiger partial charge in [-0.15, -0.1) is 0 Å². The third-order valence-electron chi connectivity index (χ3n) is 5.35. The zero-order valence-corrected chi connectivity index (χ0v) is 17.3. The minimum atomic E-state index is -0.485. The lowest BCUT2D eigenvalue weighted by Gasteiger charge is -2.18. The summed E-state index contributed by atoms with van der Waals surface area (Å²) in [6, 6.07) is 7.72. The molecule has 0 aliphatic heterocycles. The van der Waals surface area contributed by atoms with Crippen molar-refractivity contribution in [2.45, 2.75) is 39.8 Å². The molecule has 0 bridgehead atoms. The molecule has 3 heterocycles. The molecule has 0 unspecified atom stereocenters. The molecule has 2 atom stereocenters. The van der Waals surface area contributed by atoms with E-state index in [1.807, 2.05) is 62.0 Å². The number of benzene rings is 1. The Bertz CT molecular complexity index is 1160. The van der Waals surface area contributed by atoms with Gasteiger partial charge in [0.05, 0.1) is 36.3 Å². The SMILES string of the molecule is COc1cc(-n2cccn2)ccc1-c1nc2c(C)cn([C@@H](C)[C@H](C)O)c2nc1C. The Morgan fingerprint density at radius 1 is 1.14 bits per heavy atom. The lowest BCUT2D eigenvalue weighted by atomic mass is 10.1. The molecule has 4 aromatic rings. The van der Waals surface area contributed by atoms with Crippen LogP contribution in [0.4, 0.5) is 0 Å². The maximum absolute atomic E-state index is 10.0. The van der Waals surface area contributed by atoms with Crippen molar-refractivity contribution in [3.05, 3.63) is 54.1 Å². The third-order valence-corrected chi connectivity index (χ3v) is 5.35. The summed E-state index contributed by atoms with van der Waals surface area (Å²) in [5.41, 5.74) is 6.02. The van der Waals surface area contributed by atoms with Crippen LogP contribution in [-0.2, 0) is 0 Å². The van der Waals surface area contributed by atoms with Gasteiger partial charge < -0.3 is 14.4 Å². The summed E-state index contributed by atoms with van der Waals surface area (Å²) in [6.07, 6.45) is 5.15. The number of nitrogens with zero attached hydrogens (tertiary/aromatic N) is 5. The molecule has 0 saturated heterocycles.